The van der Waals surface area contributed by atoms with Gasteiger partial charge in [0.05, 0.1) is 13.2 Å². The quantitative estimate of drug-likeness (QED) is 0.201. The van der Waals surface area contributed by atoms with Crippen LogP contribution in [0.15, 0.2) is 23.2 Å². The Morgan fingerprint density at radius 3 is 2.52 bits per heavy atom. The van der Waals surface area contributed by atoms with E-state index >= 15 is 0 Å². The van der Waals surface area contributed by atoms with Gasteiger partial charge in [0, 0.05) is 39.4 Å². The van der Waals surface area contributed by atoms with Gasteiger partial charge in [0.25, 0.3) is 0 Å². The Hall–Kier alpha value is -1.75. The molecule has 0 saturated carbocycles. The zero-order valence-electron chi connectivity index (χ0n) is 19.9. The van der Waals surface area contributed by atoms with Crippen LogP contribution in [0.4, 0.5) is 4.79 Å². The highest BCUT2D eigenvalue weighted by Crippen LogP contribution is 2.21. The van der Waals surface area contributed by atoms with Crippen LogP contribution >= 0.6 is 24.0 Å². The molecule has 178 valence electrons. The van der Waals surface area contributed by atoms with Gasteiger partial charge in [-0.15, -0.1) is 24.0 Å². The third-order valence-corrected chi connectivity index (χ3v) is 3.96. The van der Waals surface area contributed by atoms with E-state index in [2.05, 4.69) is 15.6 Å². The van der Waals surface area contributed by atoms with Gasteiger partial charge in [-0.05, 0) is 46.2 Å². The number of methoxy groups -OCH3 is 1. The molecular formula is C22H39IN4O4. The summed E-state index contributed by atoms with van der Waals surface area (Å²) in [6.45, 7) is 12.9. The van der Waals surface area contributed by atoms with Gasteiger partial charge < -0.3 is 29.7 Å². The van der Waals surface area contributed by atoms with Crippen molar-refractivity contribution >= 4 is 36.0 Å². The number of guanidine groups is 1. The molecule has 0 fully saturated rings. The lowest BCUT2D eigenvalue weighted by molar-refractivity contribution is 0.0302. The van der Waals surface area contributed by atoms with Crippen molar-refractivity contribution in [3.63, 3.8) is 0 Å². The summed E-state index contributed by atoms with van der Waals surface area (Å²) < 4.78 is 16.3. The van der Waals surface area contributed by atoms with Gasteiger partial charge in [-0.2, -0.15) is 0 Å². The fourth-order valence-electron chi connectivity index (χ4n) is 2.44. The zero-order valence-corrected chi connectivity index (χ0v) is 22.2. The maximum Gasteiger partial charge on any atom is 0.410 e. The van der Waals surface area contributed by atoms with E-state index in [1.165, 1.54) is 0 Å². The molecule has 0 aliphatic rings. The second-order valence-corrected chi connectivity index (χ2v) is 7.98. The number of carbonyl (C=O) groups excluding carboxylic acids is 1. The Morgan fingerprint density at radius 2 is 1.90 bits per heavy atom. The first-order valence-electron chi connectivity index (χ1n) is 10.3. The average molecular weight is 550 g/mol. The van der Waals surface area contributed by atoms with Gasteiger partial charge in [-0.3, -0.25) is 0 Å². The third kappa shape index (κ3) is 12.6. The van der Waals surface area contributed by atoms with Gasteiger partial charge in [-0.1, -0.05) is 12.1 Å². The zero-order chi connectivity index (χ0) is 22.6. The smallest absolute Gasteiger partial charge is 0.410 e. The van der Waals surface area contributed by atoms with Crippen LogP contribution < -0.4 is 15.4 Å². The Bertz CT molecular complexity index is 693. The fourth-order valence-corrected chi connectivity index (χ4v) is 2.44. The molecule has 0 aliphatic carbocycles. The predicted octanol–water partition coefficient (Wildman–Crippen LogP) is 3.56. The molecule has 0 aliphatic heterocycles. The van der Waals surface area contributed by atoms with Gasteiger partial charge in [0.15, 0.2) is 5.96 Å². The van der Waals surface area contributed by atoms with Crippen molar-refractivity contribution in [3.05, 3.63) is 29.3 Å². The topological polar surface area (TPSA) is 84.4 Å². The maximum absolute atomic E-state index is 12.1. The molecule has 31 heavy (non-hydrogen) atoms. The van der Waals surface area contributed by atoms with E-state index < -0.39 is 5.60 Å². The summed E-state index contributed by atoms with van der Waals surface area (Å²) in [7, 11) is 3.37. The molecule has 0 spiro atoms. The predicted molar refractivity (Wildman–Crippen MR) is 136 cm³/mol. The Kier molecular flexibility index (Phi) is 14.3. The molecule has 1 aromatic carbocycles. The van der Waals surface area contributed by atoms with E-state index in [1.54, 1.807) is 19.1 Å². The Labute approximate surface area is 204 Å². The summed E-state index contributed by atoms with van der Waals surface area (Å²) in [5.41, 5.74) is 1.62. The maximum atomic E-state index is 12.1. The van der Waals surface area contributed by atoms with Crippen molar-refractivity contribution in [2.45, 2.75) is 46.8 Å². The molecule has 0 radical (unpaired) electrons. The van der Waals surface area contributed by atoms with E-state index in [1.807, 2.05) is 52.8 Å². The van der Waals surface area contributed by atoms with Crippen molar-refractivity contribution < 1.29 is 19.0 Å². The number of aryl methyl sites for hydroxylation is 1. The molecule has 0 unspecified atom stereocenters. The van der Waals surface area contributed by atoms with E-state index in [-0.39, 0.29) is 30.1 Å². The van der Waals surface area contributed by atoms with E-state index in [9.17, 15) is 4.79 Å². The fraction of sp³-hybridized carbons (Fsp3) is 0.636. The molecule has 0 aromatic heterocycles. The second-order valence-electron chi connectivity index (χ2n) is 7.98. The number of rotatable bonds is 10. The number of ether oxygens (including phenoxy) is 3. The number of nitrogens with zero attached hydrogens (tertiary/aromatic N) is 2. The highest BCUT2D eigenvalue weighted by Gasteiger charge is 2.19. The van der Waals surface area contributed by atoms with Crippen LogP contribution in [0.2, 0.25) is 0 Å². The van der Waals surface area contributed by atoms with Crippen molar-refractivity contribution in [2.75, 3.05) is 47.0 Å². The number of likely N-dealkylation sites (N-methyl/N-ethyl adjacent to an activating group) is 1. The first-order valence-corrected chi connectivity index (χ1v) is 10.3. The molecule has 1 aromatic rings. The van der Waals surface area contributed by atoms with Crippen LogP contribution in [0.5, 0.6) is 5.75 Å². The van der Waals surface area contributed by atoms with Crippen LogP contribution in [-0.4, -0.2) is 69.6 Å². The molecular weight excluding hydrogens is 511 g/mol. The summed E-state index contributed by atoms with van der Waals surface area (Å²) in [6, 6.07) is 6.08. The first-order chi connectivity index (χ1) is 14.2. The minimum Gasteiger partial charge on any atom is -0.491 e. The molecule has 0 bridgehead atoms. The van der Waals surface area contributed by atoms with E-state index in [4.69, 9.17) is 14.2 Å². The van der Waals surface area contributed by atoms with Crippen molar-refractivity contribution in [1.29, 1.82) is 0 Å². The highest BCUT2D eigenvalue weighted by atomic mass is 127. The molecule has 8 nitrogen and oxygen atoms in total. The summed E-state index contributed by atoms with van der Waals surface area (Å²) in [5.74, 6) is 1.50. The van der Waals surface area contributed by atoms with Gasteiger partial charge in [-0.25, -0.2) is 9.79 Å². The molecule has 1 rings (SSSR count). The molecule has 0 heterocycles. The number of carbonyl (C=O) groups is 1. The molecule has 0 saturated heterocycles. The molecule has 2 N–H and O–H groups in total. The summed E-state index contributed by atoms with van der Waals surface area (Å²) >= 11 is 0. The number of halogens is 1. The Morgan fingerprint density at radius 1 is 1.19 bits per heavy atom. The normalized spacial score (nSPS) is 11.4. The number of amides is 1. The van der Waals surface area contributed by atoms with E-state index in [0.717, 1.165) is 23.4 Å². The SMILES string of the molecule is CCNC(=NCc1ccc(C)cc1OCCOC)NCCN(C)C(=O)OC(C)(C)C.I. The average Bonchev–Trinajstić information content (AvgIpc) is 2.66. The van der Waals surface area contributed by atoms with Gasteiger partial charge in [0.1, 0.15) is 18.0 Å². The monoisotopic (exact) mass is 550 g/mol. The van der Waals surface area contributed by atoms with Crippen LogP contribution in [0.1, 0.15) is 38.8 Å². The van der Waals surface area contributed by atoms with Crippen molar-refractivity contribution in [2.24, 2.45) is 4.99 Å². The van der Waals surface area contributed by atoms with Crippen LogP contribution in [0.3, 0.4) is 0 Å². The van der Waals surface area contributed by atoms with E-state index in [0.29, 0.717) is 38.8 Å². The van der Waals surface area contributed by atoms with Crippen LogP contribution in [0, 0.1) is 6.92 Å². The van der Waals surface area contributed by atoms with Crippen molar-refractivity contribution in [3.8, 4) is 5.75 Å². The number of benzene rings is 1. The number of hydrogen-bond donors (Lipinski definition) is 2. The number of hydrogen-bond acceptors (Lipinski definition) is 5. The minimum atomic E-state index is -0.508. The number of aliphatic imine (C=N–C) groups is 1. The lowest BCUT2D eigenvalue weighted by Gasteiger charge is -2.25. The minimum absolute atomic E-state index is 0. The van der Waals surface area contributed by atoms with Crippen LogP contribution in [0.25, 0.3) is 0 Å². The number of nitrogens with one attached hydrogen (secondary N) is 2. The Balaban J connectivity index is 0.00000900. The largest absolute Gasteiger partial charge is 0.491 e. The lowest BCUT2D eigenvalue weighted by Crippen LogP contribution is -2.43. The summed E-state index contributed by atoms with van der Waals surface area (Å²) in [6.07, 6.45) is -0.344. The first kappa shape index (κ1) is 29.2. The summed E-state index contributed by atoms with van der Waals surface area (Å²) in [4.78, 5) is 18.2. The van der Waals surface area contributed by atoms with Crippen LogP contribution in [-0.2, 0) is 16.0 Å². The second kappa shape index (κ2) is 15.1. The van der Waals surface area contributed by atoms with Gasteiger partial charge >= 0.3 is 6.09 Å². The highest BCUT2D eigenvalue weighted by molar-refractivity contribution is 14.0. The molecule has 1 amide bonds. The summed E-state index contributed by atoms with van der Waals surface area (Å²) in [5, 5.41) is 6.47. The lowest BCUT2D eigenvalue weighted by atomic mass is 10.1. The van der Waals surface area contributed by atoms with Gasteiger partial charge in [0.2, 0.25) is 0 Å². The van der Waals surface area contributed by atoms with Crippen molar-refractivity contribution in [1.82, 2.24) is 15.5 Å². The molecule has 9 heteroatoms. The third-order valence-electron chi connectivity index (χ3n) is 3.96. The molecule has 0 atom stereocenters. The standard InChI is InChI=1S/C22H38N4O4.HI/c1-8-23-20(24-11-12-26(6)21(27)30-22(3,4)5)25-16-18-10-9-17(2)15-19(18)29-14-13-28-7;/h9-10,15H,8,11-14,16H2,1-7H3,(H2,23,24,25);1H.